The predicted molar refractivity (Wildman–Crippen MR) is 117 cm³/mol. The molecule has 0 aromatic heterocycles. The van der Waals surface area contributed by atoms with Gasteiger partial charge < -0.3 is 14.8 Å². The number of amides is 1. The molecule has 0 bridgehead atoms. The van der Waals surface area contributed by atoms with Crippen LogP contribution in [-0.2, 0) is 14.3 Å². The second-order valence-electron chi connectivity index (χ2n) is 6.81. The van der Waals surface area contributed by atoms with Crippen LogP contribution in [0, 0.1) is 12.7 Å². The van der Waals surface area contributed by atoms with Gasteiger partial charge in [0.05, 0.1) is 12.8 Å². The first-order chi connectivity index (χ1) is 15.0. The van der Waals surface area contributed by atoms with E-state index in [0.29, 0.717) is 22.6 Å². The predicted octanol–water partition coefficient (Wildman–Crippen LogP) is 5.08. The maximum atomic E-state index is 13.0. The first-order valence-electron chi connectivity index (χ1n) is 9.61. The number of carbonyl (C=O) groups is 2. The third-order valence-electron chi connectivity index (χ3n) is 4.47. The van der Waals surface area contributed by atoms with Crippen LogP contribution in [0.1, 0.15) is 22.8 Å². The van der Waals surface area contributed by atoms with Crippen LogP contribution in [0.2, 0.25) is 0 Å². The minimum Gasteiger partial charge on any atom is -0.495 e. The van der Waals surface area contributed by atoms with Crippen molar-refractivity contribution in [2.45, 2.75) is 13.0 Å². The molecule has 5 nitrogen and oxygen atoms in total. The summed E-state index contributed by atoms with van der Waals surface area (Å²) < 4.78 is 23.8. The van der Waals surface area contributed by atoms with Crippen LogP contribution in [0.25, 0.3) is 6.08 Å². The van der Waals surface area contributed by atoms with Gasteiger partial charge in [0.25, 0.3) is 5.91 Å². The maximum absolute atomic E-state index is 13.0. The lowest BCUT2D eigenvalue weighted by Crippen LogP contribution is -2.25. The summed E-state index contributed by atoms with van der Waals surface area (Å²) in [5, 5.41) is 2.78. The van der Waals surface area contributed by atoms with E-state index in [1.54, 1.807) is 42.5 Å². The normalized spacial score (nSPS) is 11.7. The summed E-state index contributed by atoms with van der Waals surface area (Å²) in [7, 11) is 1.51. The Morgan fingerprint density at radius 1 is 1.00 bits per heavy atom. The van der Waals surface area contributed by atoms with Crippen molar-refractivity contribution < 1.29 is 23.5 Å². The standard InChI is InChI=1S/C25H22FNO4/c1-17-8-14-22(30-2)21(16-17)27-25(29)24(19-6-4-3-5-7-19)31-23(28)15-11-18-9-12-20(26)13-10-18/h3-16,24H,1-2H3,(H,27,29)/b15-11+/t24-/m1/s1. The molecule has 0 aliphatic carbocycles. The molecule has 3 rings (SSSR count). The summed E-state index contributed by atoms with van der Waals surface area (Å²) in [5.41, 5.74) is 2.57. The van der Waals surface area contributed by atoms with Crippen LogP contribution in [-0.4, -0.2) is 19.0 Å². The van der Waals surface area contributed by atoms with Crippen LogP contribution in [0.3, 0.4) is 0 Å². The Labute approximate surface area is 180 Å². The largest absolute Gasteiger partial charge is 0.495 e. The van der Waals surface area contributed by atoms with Gasteiger partial charge in [-0.3, -0.25) is 4.79 Å². The molecule has 6 heteroatoms. The Balaban J connectivity index is 1.80. The van der Waals surface area contributed by atoms with Gasteiger partial charge in [0.2, 0.25) is 6.10 Å². The van der Waals surface area contributed by atoms with Crippen LogP contribution < -0.4 is 10.1 Å². The highest BCUT2D eigenvalue weighted by Gasteiger charge is 2.25. The Morgan fingerprint density at radius 3 is 2.39 bits per heavy atom. The fourth-order valence-electron chi connectivity index (χ4n) is 2.91. The molecule has 0 aliphatic rings. The van der Waals surface area contributed by atoms with E-state index in [1.165, 1.54) is 43.5 Å². The molecule has 0 saturated carbocycles. The molecule has 3 aromatic rings. The van der Waals surface area contributed by atoms with Crippen LogP contribution in [0.4, 0.5) is 10.1 Å². The summed E-state index contributed by atoms with van der Waals surface area (Å²) in [6, 6.07) is 19.8. The van der Waals surface area contributed by atoms with Crippen molar-refractivity contribution in [3.05, 3.63) is 101 Å². The van der Waals surface area contributed by atoms with Gasteiger partial charge in [-0.15, -0.1) is 0 Å². The van der Waals surface area contributed by atoms with E-state index in [2.05, 4.69) is 5.32 Å². The highest BCUT2D eigenvalue weighted by molar-refractivity contribution is 5.98. The van der Waals surface area contributed by atoms with E-state index < -0.39 is 18.0 Å². The number of hydrogen-bond acceptors (Lipinski definition) is 4. The summed E-state index contributed by atoms with van der Waals surface area (Å²) in [4.78, 5) is 25.4. The van der Waals surface area contributed by atoms with Gasteiger partial charge in [0.1, 0.15) is 11.6 Å². The maximum Gasteiger partial charge on any atom is 0.331 e. The third-order valence-corrected chi connectivity index (χ3v) is 4.47. The number of rotatable bonds is 7. The molecule has 0 spiro atoms. The van der Waals surface area contributed by atoms with Crippen molar-refractivity contribution in [3.8, 4) is 5.75 Å². The van der Waals surface area contributed by atoms with Crippen LogP contribution in [0.15, 0.2) is 78.9 Å². The summed E-state index contributed by atoms with van der Waals surface area (Å²) in [5.74, 6) is -1.09. The lowest BCUT2D eigenvalue weighted by Gasteiger charge is -2.18. The summed E-state index contributed by atoms with van der Waals surface area (Å²) in [6.07, 6.45) is 1.52. The minimum absolute atomic E-state index is 0.368. The van der Waals surface area contributed by atoms with Crippen molar-refractivity contribution in [2.75, 3.05) is 12.4 Å². The first-order valence-corrected chi connectivity index (χ1v) is 9.61. The number of methoxy groups -OCH3 is 1. The van der Waals surface area contributed by atoms with Crippen molar-refractivity contribution in [2.24, 2.45) is 0 Å². The zero-order valence-electron chi connectivity index (χ0n) is 17.2. The van der Waals surface area contributed by atoms with E-state index in [9.17, 15) is 14.0 Å². The highest BCUT2D eigenvalue weighted by Crippen LogP contribution is 2.27. The number of aryl methyl sites for hydroxylation is 1. The molecule has 31 heavy (non-hydrogen) atoms. The van der Waals surface area contributed by atoms with Gasteiger partial charge in [-0.05, 0) is 48.4 Å². The second-order valence-corrected chi connectivity index (χ2v) is 6.81. The third kappa shape index (κ3) is 6.02. The van der Waals surface area contributed by atoms with E-state index >= 15 is 0 Å². The summed E-state index contributed by atoms with van der Waals surface area (Å²) >= 11 is 0. The molecular weight excluding hydrogens is 397 g/mol. The molecule has 0 heterocycles. The van der Waals surface area contributed by atoms with Gasteiger partial charge >= 0.3 is 5.97 Å². The van der Waals surface area contributed by atoms with E-state index in [-0.39, 0.29) is 5.82 Å². The van der Waals surface area contributed by atoms with Crippen LogP contribution >= 0.6 is 0 Å². The molecule has 158 valence electrons. The number of nitrogens with one attached hydrogen (secondary N) is 1. The number of esters is 1. The number of anilines is 1. The average molecular weight is 419 g/mol. The first kappa shape index (κ1) is 21.8. The molecule has 0 radical (unpaired) electrons. The fraction of sp³-hybridized carbons (Fsp3) is 0.120. The quantitative estimate of drug-likeness (QED) is 0.429. The molecule has 0 aliphatic heterocycles. The Bertz CT molecular complexity index is 1080. The lowest BCUT2D eigenvalue weighted by atomic mass is 10.1. The van der Waals surface area contributed by atoms with Gasteiger partial charge in [0.15, 0.2) is 0 Å². The van der Waals surface area contributed by atoms with Crippen molar-refractivity contribution in [1.29, 1.82) is 0 Å². The zero-order valence-corrected chi connectivity index (χ0v) is 17.2. The fourth-order valence-corrected chi connectivity index (χ4v) is 2.91. The number of hydrogen-bond donors (Lipinski definition) is 1. The van der Waals surface area contributed by atoms with Gasteiger partial charge in [-0.1, -0.05) is 48.5 Å². The molecule has 1 atom stereocenters. The number of ether oxygens (including phenoxy) is 2. The molecule has 0 fully saturated rings. The Kier molecular flexibility index (Phi) is 7.17. The topological polar surface area (TPSA) is 64.6 Å². The average Bonchev–Trinajstić information content (AvgIpc) is 2.78. The second kappa shape index (κ2) is 10.2. The Morgan fingerprint density at radius 2 is 1.71 bits per heavy atom. The van der Waals surface area contributed by atoms with Gasteiger partial charge in [0, 0.05) is 11.6 Å². The van der Waals surface area contributed by atoms with Crippen molar-refractivity contribution in [1.82, 2.24) is 0 Å². The molecule has 1 amide bonds. The lowest BCUT2D eigenvalue weighted by molar-refractivity contribution is -0.149. The van der Waals surface area contributed by atoms with E-state index in [0.717, 1.165) is 5.56 Å². The number of halogens is 1. The van der Waals surface area contributed by atoms with Gasteiger partial charge in [-0.2, -0.15) is 0 Å². The highest BCUT2D eigenvalue weighted by atomic mass is 19.1. The number of carbonyl (C=O) groups excluding carboxylic acids is 2. The zero-order chi connectivity index (χ0) is 22.2. The molecule has 1 N–H and O–H groups in total. The molecule has 0 saturated heterocycles. The summed E-state index contributed by atoms with van der Waals surface area (Å²) in [6.45, 7) is 1.89. The SMILES string of the molecule is COc1ccc(C)cc1NC(=O)[C@H](OC(=O)/C=C/c1ccc(F)cc1)c1ccccc1. The van der Waals surface area contributed by atoms with E-state index in [4.69, 9.17) is 9.47 Å². The smallest absolute Gasteiger partial charge is 0.331 e. The minimum atomic E-state index is -1.17. The molecule has 0 unspecified atom stereocenters. The van der Waals surface area contributed by atoms with Crippen molar-refractivity contribution >= 4 is 23.6 Å². The van der Waals surface area contributed by atoms with Crippen LogP contribution in [0.5, 0.6) is 5.75 Å². The number of benzene rings is 3. The molecule has 3 aromatic carbocycles. The van der Waals surface area contributed by atoms with Gasteiger partial charge in [-0.25, -0.2) is 9.18 Å². The van der Waals surface area contributed by atoms with Crippen molar-refractivity contribution in [3.63, 3.8) is 0 Å². The Hall–Kier alpha value is -3.93. The monoisotopic (exact) mass is 419 g/mol. The van der Waals surface area contributed by atoms with E-state index in [1.807, 2.05) is 13.0 Å². The molecular formula is C25H22FNO4.